The molecule has 0 aliphatic carbocycles. The van der Waals surface area contributed by atoms with Crippen LogP contribution in [-0.2, 0) is 0 Å². The summed E-state index contributed by atoms with van der Waals surface area (Å²) in [6.07, 6.45) is 0. The van der Waals surface area contributed by atoms with Crippen LogP contribution in [0.1, 0.15) is 0 Å². The van der Waals surface area contributed by atoms with Gasteiger partial charge >= 0.3 is 0 Å². The van der Waals surface area contributed by atoms with Crippen LogP contribution in [0.2, 0.25) is 19.6 Å². The molecule has 1 aromatic heterocycles. The van der Waals surface area contributed by atoms with Gasteiger partial charge in [0.15, 0.2) is 0 Å². The summed E-state index contributed by atoms with van der Waals surface area (Å²) < 4.78 is 1.47. The van der Waals surface area contributed by atoms with Crippen LogP contribution in [0.15, 0.2) is 11.4 Å². The molecule has 0 aromatic carbocycles. The Labute approximate surface area is 61.5 Å². The lowest BCUT2D eigenvalue weighted by Gasteiger charge is -2.11. The largest absolute Gasteiger partial charge is 0.153 e. The van der Waals surface area contributed by atoms with E-state index in [1.165, 1.54) is 4.50 Å². The van der Waals surface area contributed by atoms with Gasteiger partial charge in [-0.15, -0.1) is 0 Å². The summed E-state index contributed by atoms with van der Waals surface area (Å²) in [6.45, 7) is 7.03. The third-order valence-corrected chi connectivity index (χ3v) is 5.47. The second kappa shape index (κ2) is 2.27. The maximum absolute atomic E-state index is 3.26. The number of rotatable bonds is 1. The van der Waals surface area contributed by atoms with Crippen LogP contribution >= 0.6 is 11.3 Å². The zero-order valence-electron chi connectivity index (χ0n) is 6.06. The van der Waals surface area contributed by atoms with Crippen molar-refractivity contribution in [3.63, 3.8) is 0 Å². The van der Waals surface area contributed by atoms with Gasteiger partial charge in [-0.05, 0) is 22.0 Å². The zero-order valence-corrected chi connectivity index (χ0v) is 7.88. The first-order valence-corrected chi connectivity index (χ1v) is 7.44. The van der Waals surface area contributed by atoms with Gasteiger partial charge in [0.25, 0.3) is 0 Å². The summed E-state index contributed by atoms with van der Waals surface area (Å²) >= 11 is 1.84. The molecule has 0 nitrogen and oxygen atoms in total. The first-order chi connectivity index (χ1) is 4.11. The van der Waals surface area contributed by atoms with Crippen molar-refractivity contribution in [1.82, 2.24) is 0 Å². The Morgan fingerprint density at radius 1 is 1.44 bits per heavy atom. The molecular weight excluding hydrogens is 144 g/mol. The van der Waals surface area contributed by atoms with Gasteiger partial charge in [0.2, 0.25) is 0 Å². The molecule has 49 valence electrons. The minimum absolute atomic E-state index is 1.02. The minimum Gasteiger partial charge on any atom is -0.153 e. The third-order valence-electron chi connectivity index (χ3n) is 1.15. The van der Waals surface area contributed by atoms with Crippen molar-refractivity contribution in [2.75, 3.05) is 0 Å². The molecule has 0 bridgehead atoms. The van der Waals surface area contributed by atoms with E-state index < -0.39 is 8.07 Å². The summed E-state index contributed by atoms with van der Waals surface area (Å²) in [5.41, 5.74) is 0. The Morgan fingerprint density at radius 3 is 2.33 bits per heavy atom. The van der Waals surface area contributed by atoms with Crippen LogP contribution in [0.3, 0.4) is 0 Å². The Bertz CT molecular complexity index is 171. The Balaban J connectivity index is 2.90. The van der Waals surface area contributed by atoms with E-state index in [0.29, 0.717) is 0 Å². The smallest absolute Gasteiger partial charge is 0.0912 e. The van der Waals surface area contributed by atoms with Crippen molar-refractivity contribution < 1.29 is 0 Å². The fourth-order valence-electron chi connectivity index (χ4n) is 0.639. The standard InChI is InChI=1S/C7H11SSi/c1-9(2,3)7-5-4-6-8-7/h4,6H,1-3H3. The van der Waals surface area contributed by atoms with Gasteiger partial charge in [0, 0.05) is 0 Å². The molecule has 0 N–H and O–H groups in total. The fourth-order valence-corrected chi connectivity index (χ4v) is 3.18. The van der Waals surface area contributed by atoms with Gasteiger partial charge in [-0.2, -0.15) is 11.3 Å². The highest BCUT2D eigenvalue weighted by molar-refractivity contribution is 7.25. The van der Waals surface area contributed by atoms with Crippen molar-refractivity contribution in [1.29, 1.82) is 0 Å². The number of hydrogen-bond acceptors (Lipinski definition) is 1. The van der Waals surface area contributed by atoms with Crippen molar-refractivity contribution >= 4 is 23.9 Å². The Kier molecular flexibility index (Phi) is 1.77. The summed E-state index contributed by atoms with van der Waals surface area (Å²) in [6, 6.07) is 5.27. The van der Waals surface area contributed by atoms with Gasteiger partial charge in [-0.25, -0.2) is 0 Å². The Morgan fingerprint density at radius 2 is 2.11 bits per heavy atom. The van der Waals surface area contributed by atoms with Crippen LogP contribution in [0.4, 0.5) is 0 Å². The average molecular weight is 155 g/mol. The maximum Gasteiger partial charge on any atom is 0.0912 e. The topological polar surface area (TPSA) is 0 Å². The van der Waals surface area contributed by atoms with Crippen molar-refractivity contribution in [3.05, 3.63) is 17.5 Å². The maximum atomic E-state index is 3.26. The molecular formula is C7H11SSi. The predicted octanol–water partition coefficient (Wildman–Crippen LogP) is 2.09. The first-order valence-electron chi connectivity index (χ1n) is 3.06. The highest BCUT2D eigenvalue weighted by Crippen LogP contribution is 2.05. The van der Waals surface area contributed by atoms with E-state index in [0.717, 1.165) is 0 Å². The molecule has 0 unspecified atom stereocenters. The van der Waals surface area contributed by atoms with Crippen LogP contribution in [-0.4, -0.2) is 8.07 Å². The van der Waals surface area contributed by atoms with Crippen LogP contribution in [0.5, 0.6) is 0 Å². The number of thiophene rings is 1. The van der Waals surface area contributed by atoms with Gasteiger partial charge in [0.05, 0.1) is 8.07 Å². The lowest BCUT2D eigenvalue weighted by atomic mass is 10.7. The molecule has 1 rings (SSSR count). The van der Waals surface area contributed by atoms with E-state index in [9.17, 15) is 0 Å². The van der Waals surface area contributed by atoms with Crippen LogP contribution in [0.25, 0.3) is 0 Å². The average Bonchev–Trinajstić information content (AvgIpc) is 2.08. The molecule has 0 fully saturated rings. The summed E-state index contributed by atoms with van der Waals surface area (Å²) in [4.78, 5) is 0. The van der Waals surface area contributed by atoms with E-state index in [1.54, 1.807) is 0 Å². The fraction of sp³-hybridized carbons (Fsp3) is 0.429. The highest BCUT2D eigenvalue weighted by atomic mass is 32.1. The van der Waals surface area contributed by atoms with E-state index in [-0.39, 0.29) is 0 Å². The molecule has 0 aliphatic heterocycles. The van der Waals surface area contributed by atoms with Crippen LogP contribution in [0, 0.1) is 6.07 Å². The monoisotopic (exact) mass is 155 g/mol. The quantitative estimate of drug-likeness (QED) is 0.545. The normalized spacial score (nSPS) is 11.9. The van der Waals surface area contributed by atoms with Crippen molar-refractivity contribution in [2.45, 2.75) is 19.6 Å². The SMILES string of the molecule is C[Si](C)(C)c1[c]ccs1. The van der Waals surface area contributed by atoms with E-state index in [1.807, 2.05) is 17.4 Å². The third kappa shape index (κ3) is 1.66. The molecule has 0 saturated heterocycles. The molecule has 2 heteroatoms. The molecule has 0 aliphatic rings. The van der Waals surface area contributed by atoms with Gasteiger partial charge in [0.1, 0.15) is 0 Å². The number of hydrogen-bond donors (Lipinski definition) is 0. The lowest BCUT2D eigenvalue weighted by molar-refractivity contribution is 1.78. The van der Waals surface area contributed by atoms with Crippen molar-refractivity contribution in [3.8, 4) is 0 Å². The Hall–Kier alpha value is -0.0831. The second-order valence-electron chi connectivity index (χ2n) is 3.14. The molecule has 9 heavy (non-hydrogen) atoms. The molecule has 0 saturated carbocycles. The van der Waals surface area contributed by atoms with Crippen molar-refractivity contribution in [2.24, 2.45) is 0 Å². The first kappa shape index (κ1) is 7.03. The van der Waals surface area contributed by atoms with E-state index in [2.05, 4.69) is 31.1 Å². The van der Waals surface area contributed by atoms with E-state index in [4.69, 9.17) is 0 Å². The van der Waals surface area contributed by atoms with Gasteiger partial charge in [-0.1, -0.05) is 19.6 Å². The predicted molar refractivity (Wildman–Crippen MR) is 46.1 cm³/mol. The lowest BCUT2D eigenvalue weighted by Crippen LogP contribution is -2.34. The zero-order chi connectivity index (χ0) is 6.91. The minimum atomic E-state index is -1.02. The molecule has 0 spiro atoms. The van der Waals surface area contributed by atoms with Gasteiger partial charge in [-0.3, -0.25) is 0 Å². The highest BCUT2D eigenvalue weighted by Gasteiger charge is 2.16. The van der Waals surface area contributed by atoms with E-state index >= 15 is 0 Å². The molecule has 0 amide bonds. The second-order valence-corrected chi connectivity index (χ2v) is 9.42. The van der Waals surface area contributed by atoms with Crippen LogP contribution < -0.4 is 4.50 Å². The molecule has 1 aromatic rings. The molecule has 1 radical (unpaired) electrons. The summed E-state index contributed by atoms with van der Waals surface area (Å²) in [5.74, 6) is 0. The summed E-state index contributed by atoms with van der Waals surface area (Å²) in [5, 5.41) is 2.10. The molecule has 0 atom stereocenters. The van der Waals surface area contributed by atoms with Gasteiger partial charge < -0.3 is 0 Å². The molecule has 1 heterocycles. The summed E-state index contributed by atoms with van der Waals surface area (Å²) in [7, 11) is -1.02.